The molecule has 0 amide bonds. The fraction of sp³-hybridized carbons (Fsp3) is 0.261. The van der Waals surface area contributed by atoms with E-state index < -0.39 is 0 Å². The SMILES string of the molecule is c1ccc2[nH]c(-c3ccc(-c4ccc(CN5CCCCC5)cc4)s3)nc2c1. The molecule has 2 aromatic heterocycles. The Hall–Kier alpha value is -2.43. The zero-order valence-electron chi connectivity index (χ0n) is 15.3. The Labute approximate surface area is 163 Å². The van der Waals surface area contributed by atoms with Gasteiger partial charge in [0.1, 0.15) is 5.82 Å². The standard InChI is InChI=1S/C23H23N3S/c1-4-14-26(15-5-1)16-17-8-10-18(11-9-17)21-12-13-22(27-21)23-24-19-6-2-3-7-20(19)25-23/h2-3,6-13H,1,4-5,14-16H2,(H,24,25). The van der Waals surface area contributed by atoms with Gasteiger partial charge in [-0.05, 0) is 61.3 Å². The van der Waals surface area contributed by atoms with Crippen LogP contribution in [0.25, 0.3) is 32.2 Å². The second-order valence-electron chi connectivity index (χ2n) is 7.30. The number of nitrogens with zero attached hydrogens (tertiary/aromatic N) is 2. The number of likely N-dealkylation sites (tertiary alicyclic amines) is 1. The van der Waals surface area contributed by atoms with Crippen LogP contribution in [0.4, 0.5) is 0 Å². The average Bonchev–Trinajstić information content (AvgIpc) is 3.36. The van der Waals surface area contributed by atoms with E-state index in [4.69, 9.17) is 4.98 Å². The summed E-state index contributed by atoms with van der Waals surface area (Å²) in [7, 11) is 0. The molecule has 3 heterocycles. The molecule has 1 N–H and O–H groups in total. The van der Waals surface area contributed by atoms with E-state index in [0.29, 0.717) is 0 Å². The molecule has 136 valence electrons. The second kappa shape index (κ2) is 7.29. The molecular weight excluding hydrogens is 350 g/mol. The smallest absolute Gasteiger partial charge is 0.148 e. The zero-order chi connectivity index (χ0) is 18.1. The number of thiophene rings is 1. The minimum absolute atomic E-state index is 0.953. The Balaban J connectivity index is 1.34. The van der Waals surface area contributed by atoms with Gasteiger partial charge in [0.05, 0.1) is 15.9 Å². The van der Waals surface area contributed by atoms with Gasteiger partial charge in [-0.15, -0.1) is 11.3 Å². The van der Waals surface area contributed by atoms with Crippen molar-refractivity contribution in [3.63, 3.8) is 0 Å². The summed E-state index contributed by atoms with van der Waals surface area (Å²) in [6, 6.07) is 21.6. The van der Waals surface area contributed by atoms with Gasteiger partial charge in [-0.1, -0.05) is 42.8 Å². The van der Waals surface area contributed by atoms with Crippen molar-refractivity contribution in [2.45, 2.75) is 25.8 Å². The summed E-state index contributed by atoms with van der Waals surface area (Å²) < 4.78 is 0. The van der Waals surface area contributed by atoms with Gasteiger partial charge in [-0.2, -0.15) is 0 Å². The monoisotopic (exact) mass is 373 g/mol. The van der Waals surface area contributed by atoms with Crippen LogP contribution in [0.5, 0.6) is 0 Å². The molecular formula is C23H23N3S. The van der Waals surface area contributed by atoms with Crippen LogP contribution in [0.3, 0.4) is 0 Å². The first-order valence-electron chi connectivity index (χ1n) is 9.72. The maximum Gasteiger partial charge on any atom is 0.148 e. The Morgan fingerprint density at radius 2 is 1.63 bits per heavy atom. The van der Waals surface area contributed by atoms with Gasteiger partial charge in [0.15, 0.2) is 0 Å². The maximum absolute atomic E-state index is 4.72. The number of fused-ring (bicyclic) bond motifs is 1. The first-order chi connectivity index (χ1) is 13.3. The molecule has 0 atom stereocenters. The molecule has 0 saturated carbocycles. The van der Waals surface area contributed by atoms with Crippen molar-refractivity contribution < 1.29 is 0 Å². The third kappa shape index (κ3) is 3.55. The Morgan fingerprint density at radius 3 is 2.44 bits per heavy atom. The lowest BCUT2D eigenvalue weighted by molar-refractivity contribution is 0.221. The van der Waals surface area contributed by atoms with Crippen LogP contribution in [0.2, 0.25) is 0 Å². The molecule has 0 unspecified atom stereocenters. The topological polar surface area (TPSA) is 31.9 Å². The molecule has 5 rings (SSSR count). The van der Waals surface area contributed by atoms with Crippen LogP contribution in [0.1, 0.15) is 24.8 Å². The van der Waals surface area contributed by atoms with Gasteiger partial charge >= 0.3 is 0 Å². The third-order valence-corrected chi connectivity index (χ3v) is 6.46. The van der Waals surface area contributed by atoms with Gasteiger partial charge in [-0.25, -0.2) is 4.98 Å². The summed E-state index contributed by atoms with van der Waals surface area (Å²) in [6.45, 7) is 3.57. The summed E-state index contributed by atoms with van der Waals surface area (Å²) in [5.74, 6) is 0.953. The van der Waals surface area contributed by atoms with E-state index in [1.165, 1.54) is 53.2 Å². The maximum atomic E-state index is 4.72. The highest BCUT2D eigenvalue weighted by molar-refractivity contribution is 7.18. The first-order valence-corrected chi connectivity index (χ1v) is 10.5. The fourth-order valence-electron chi connectivity index (χ4n) is 3.84. The number of hydrogen-bond acceptors (Lipinski definition) is 3. The van der Waals surface area contributed by atoms with Crippen molar-refractivity contribution in [2.75, 3.05) is 13.1 Å². The van der Waals surface area contributed by atoms with Crippen LogP contribution in [-0.2, 0) is 6.54 Å². The predicted molar refractivity (Wildman–Crippen MR) is 114 cm³/mol. The van der Waals surface area contributed by atoms with Crippen LogP contribution >= 0.6 is 11.3 Å². The van der Waals surface area contributed by atoms with Gasteiger partial charge in [0.2, 0.25) is 0 Å². The zero-order valence-corrected chi connectivity index (χ0v) is 16.1. The van der Waals surface area contributed by atoms with E-state index in [-0.39, 0.29) is 0 Å². The van der Waals surface area contributed by atoms with Crippen LogP contribution in [0.15, 0.2) is 60.7 Å². The number of rotatable bonds is 4. The van der Waals surface area contributed by atoms with Crippen molar-refractivity contribution in [1.29, 1.82) is 0 Å². The number of benzene rings is 2. The van der Waals surface area contributed by atoms with Gasteiger partial charge in [0.25, 0.3) is 0 Å². The number of piperidine rings is 1. The van der Waals surface area contributed by atoms with Crippen molar-refractivity contribution in [3.05, 3.63) is 66.2 Å². The van der Waals surface area contributed by atoms with E-state index in [1.807, 2.05) is 18.2 Å². The summed E-state index contributed by atoms with van der Waals surface area (Å²) in [5.41, 5.74) is 4.80. The highest BCUT2D eigenvalue weighted by atomic mass is 32.1. The molecule has 1 fully saturated rings. The number of H-pyrrole nitrogens is 1. The largest absolute Gasteiger partial charge is 0.337 e. The predicted octanol–water partition coefficient (Wildman–Crippen LogP) is 5.94. The second-order valence-corrected chi connectivity index (χ2v) is 8.38. The van der Waals surface area contributed by atoms with Crippen molar-refractivity contribution in [1.82, 2.24) is 14.9 Å². The van der Waals surface area contributed by atoms with Crippen LogP contribution in [0, 0.1) is 0 Å². The summed E-state index contributed by atoms with van der Waals surface area (Å²) in [4.78, 5) is 13.2. The molecule has 1 saturated heterocycles. The van der Waals surface area contributed by atoms with E-state index in [0.717, 1.165) is 23.4 Å². The van der Waals surface area contributed by atoms with E-state index in [9.17, 15) is 0 Å². The third-order valence-electron chi connectivity index (χ3n) is 5.32. The molecule has 0 bridgehead atoms. The van der Waals surface area contributed by atoms with Crippen molar-refractivity contribution in [2.24, 2.45) is 0 Å². The molecule has 4 aromatic rings. The summed E-state index contributed by atoms with van der Waals surface area (Å²) in [6.07, 6.45) is 4.08. The Bertz CT molecular complexity index is 1010. The van der Waals surface area contributed by atoms with Crippen molar-refractivity contribution in [3.8, 4) is 21.1 Å². The molecule has 1 aliphatic rings. The van der Waals surface area contributed by atoms with Gasteiger partial charge in [-0.3, -0.25) is 4.90 Å². The number of hydrogen-bond donors (Lipinski definition) is 1. The minimum Gasteiger partial charge on any atom is -0.337 e. The summed E-state index contributed by atoms with van der Waals surface area (Å²) in [5, 5.41) is 0. The normalized spacial score (nSPS) is 15.4. The minimum atomic E-state index is 0.953. The Morgan fingerprint density at radius 1 is 0.852 bits per heavy atom. The summed E-state index contributed by atoms with van der Waals surface area (Å²) >= 11 is 1.79. The lowest BCUT2D eigenvalue weighted by Crippen LogP contribution is -2.28. The molecule has 4 heteroatoms. The fourth-order valence-corrected chi connectivity index (χ4v) is 4.80. The number of aromatic nitrogens is 2. The molecule has 0 aliphatic carbocycles. The molecule has 1 aliphatic heterocycles. The van der Waals surface area contributed by atoms with Crippen LogP contribution < -0.4 is 0 Å². The first kappa shape index (κ1) is 16.7. The van der Waals surface area contributed by atoms with E-state index in [2.05, 4.69) is 52.3 Å². The molecule has 27 heavy (non-hydrogen) atoms. The molecule has 3 nitrogen and oxygen atoms in total. The molecule has 0 radical (unpaired) electrons. The highest BCUT2D eigenvalue weighted by Gasteiger charge is 2.12. The molecule has 0 spiro atoms. The highest BCUT2D eigenvalue weighted by Crippen LogP contribution is 2.34. The van der Waals surface area contributed by atoms with E-state index in [1.54, 1.807) is 11.3 Å². The Kier molecular flexibility index (Phi) is 4.52. The number of para-hydroxylation sites is 2. The van der Waals surface area contributed by atoms with Gasteiger partial charge in [0, 0.05) is 11.4 Å². The number of nitrogens with one attached hydrogen (secondary N) is 1. The lowest BCUT2D eigenvalue weighted by Gasteiger charge is -2.26. The molecule has 2 aromatic carbocycles. The average molecular weight is 374 g/mol. The quantitative estimate of drug-likeness (QED) is 0.480. The van der Waals surface area contributed by atoms with E-state index >= 15 is 0 Å². The number of aromatic amines is 1. The number of imidazole rings is 1. The van der Waals surface area contributed by atoms with Crippen LogP contribution in [-0.4, -0.2) is 28.0 Å². The lowest BCUT2D eigenvalue weighted by atomic mass is 10.1. The van der Waals surface area contributed by atoms with Crippen molar-refractivity contribution >= 4 is 22.4 Å². The van der Waals surface area contributed by atoms with Gasteiger partial charge < -0.3 is 4.98 Å².